The van der Waals surface area contributed by atoms with E-state index in [1.54, 1.807) is 0 Å². The number of nitrogens with two attached hydrogens (primary N) is 1. The minimum Gasteiger partial charge on any atom is -0.329 e. The Bertz CT molecular complexity index is 322. The zero-order chi connectivity index (χ0) is 13.6. The molecule has 0 aliphatic heterocycles. The number of sulfone groups is 1. The highest BCUT2D eigenvalue weighted by molar-refractivity contribution is 7.90. The maximum atomic E-state index is 11.2. The second-order valence-electron chi connectivity index (χ2n) is 5.67. The Morgan fingerprint density at radius 1 is 1.22 bits per heavy atom. The average molecular weight is 276 g/mol. The molecule has 1 aliphatic rings. The molecular formula is C13H28N2O2S. The Labute approximate surface area is 112 Å². The summed E-state index contributed by atoms with van der Waals surface area (Å²) >= 11 is 0. The van der Waals surface area contributed by atoms with Gasteiger partial charge in [-0.25, -0.2) is 8.42 Å². The molecule has 108 valence electrons. The van der Waals surface area contributed by atoms with Crippen molar-refractivity contribution in [3.05, 3.63) is 0 Å². The molecule has 1 rings (SSSR count). The van der Waals surface area contributed by atoms with E-state index in [1.165, 1.54) is 44.8 Å². The molecule has 2 N–H and O–H groups in total. The largest absolute Gasteiger partial charge is 0.329 e. The van der Waals surface area contributed by atoms with Gasteiger partial charge in [-0.2, -0.15) is 0 Å². The van der Waals surface area contributed by atoms with Gasteiger partial charge in [-0.1, -0.05) is 25.7 Å². The van der Waals surface area contributed by atoms with E-state index in [4.69, 9.17) is 5.73 Å². The van der Waals surface area contributed by atoms with Crippen molar-refractivity contribution in [3.63, 3.8) is 0 Å². The molecule has 0 aromatic carbocycles. The fourth-order valence-corrected chi connectivity index (χ4v) is 3.52. The average Bonchev–Trinajstić information content (AvgIpc) is 2.55. The minimum absolute atomic E-state index is 0.229. The second-order valence-corrected chi connectivity index (χ2v) is 7.92. The van der Waals surface area contributed by atoms with Gasteiger partial charge < -0.3 is 10.6 Å². The van der Waals surface area contributed by atoms with Crippen LogP contribution in [0.25, 0.3) is 0 Å². The van der Waals surface area contributed by atoms with Crippen LogP contribution >= 0.6 is 0 Å². The third-order valence-corrected chi connectivity index (χ3v) is 4.99. The molecule has 0 aromatic rings. The monoisotopic (exact) mass is 276 g/mol. The van der Waals surface area contributed by atoms with Crippen LogP contribution in [0.15, 0.2) is 0 Å². The van der Waals surface area contributed by atoms with E-state index in [9.17, 15) is 8.42 Å². The first-order valence-corrected chi connectivity index (χ1v) is 9.08. The summed E-state index contributed by atoms with van der Waals surface area (Å²) in [6, 6.07) is 0.338. The molecule has 5 heteroatoms. The summed E-state index contributed by atoms with van der Waals surface area (Å²) in [4.78, 5) is 2.15. The zero-order valence-corrected chi connectivity index (χ0v) is 12.6. The number of hydrogen-bond donors (Lipinski definition) is 1. The Hall–Kier alpha value is -0.130. The molecule has 0 radical (unpaired) electrons. The molecular weight excluding hydrogens is 248 g/mol. The summed E-state index contributed by atoms with van der Waals surface area (Å²) in [5.41, 5.74) is 5.90. The summed E-state index contributed by atoms with van der Waals surface area (Å²) in [7, 11) is -0.874. The van der Waals surface area contributed by atoms with Crippen molar-refractivity contribution in [1.82, 2.24) is 4.90 Å². The lowest BCUT2D eigenvalue weighted by Crippen LogP contribution is -2.45. The Morgan fingerprint density at radius 3 is 2.22 bits per heavy atom. The van der Waals surface area contributed by atoms with E-state index in [0.29, 0.717) is 25.0 Å². The highest BCUT2D eigenvalue weighted by Crippen LogP contribution is 2.27. The first-order chi connectivity index (χ1) is 8.44. The standard InChI is InChI=1S/C13H28N2O2S/c1-15(9-10-18(2,16)17)13(11-14)12-7-5-3-4-6-8-12/h12-13H,3-11,14H2,1-2H3. The number of hydrogen-bond acceptors (Lipinski definition) is 4. The van der Waals surface area contributed by atoms with Gasteiger partial charge >= 0.3 is 0 Å². The molecule has 18 heavy (non-hydrogen) atoms. The molecule has 0 amide bonds. The van der Waals surface area contributed by atoms with E-state index in [2.05, 4.69) is 4.90 Å². The predicted molar refractivity (Wildman–Crippen MR) is 76.4 cm³/mol. The van der Waals surface area contributed by atoms with E-state index in [0.717, 1.165) is 0 Å². The molecule has 1 unspecified atom stereocenters. The fraction of sp³-hybridized carbons (Fsp3) is 1.00. The first kappa shape index (κ1) is 15.9. The third kappa shape index (κ3) is 5.67. The molecule has 1 atom stereocenters. The first-order valence-electron chi connectivity index (χ1n) is 7.02. The van der Waals surface area contributed by atoms with Crippen LogP contribution in [0.4, 0.5) is 0 Å². The van der Waals surface area contributed by atoms with Gasteiger partial charge in [0.1, 0.15) is 9.84 Å². The van der Waals surface area contributed by atoms with Crippen LogP contribution < -0.4 is 5.73 Å². The summed E-state index contributed by atoms with van der Waals surface area (Å²) < 4.78 is 22.4. The van der Waals surface area contributed by atoms with Crippen LogP contribution in [0.1, 0.15) is 38.5 Å². The van der Waals surface area contributed by atoms with Crippen molar-refractivity contribution < 1.29 is 8.42 Å². The molecule has 1 aliphatic carbocycles. The van der Waals surface area contributed by atoms with Gasteiger partial charge in [0.15, 0.2) is 0 Å². The summed E-state index contributed by atoms with van der Waals surface area (Å²) in [6.45, 7) is 1.22. The van der Waals surface area contributed by atoms with E-state index < -0.39 is 9.84 Å². The maximum absolute atomic E-state index is 11.2. The number of likely N-dealkylation sites (N-methyl/N-ethyl adjacent to an activating group) is 1. The van der Waals surface area contributed by atoms with Crippen molar-refractivity contribution in [2.75, 3.05) is 32.1 Å². The third-order valence-electron chi connectivity index (χ3n) is 4.07. The topological polar surface area (TPSA) is 63.4 Å². The number of rotatable bonds is 6. The Kier molecular flexibility index (Phi) is 6.60. The SMILES string of the molecule is CN(CCS(C)(=O)=O)C(CN)C1CCCCCC1. The molecule has 0 bridgehead atoms. The van der Waals surface area contributed by atoms with Crippen LogP contribution in [0.2, 0.25) is 0 Å². The Balaban J connectivity index is 2.52. The van der Waals surface area contributed by atoms with Crippen LogP contribution in [0.3, 0.4) is 0 Å². The highest BCUT2D eigenvalue weighted by atomic mass is 32.2. The zero-order valence-electron chi connectivity index (χ0n) is 11.8. The predicted octanol–water partition coefficient (Wildman–Crippen LogP) is 1.26. The normalized spacial score (nSPS) is 20.9. The van der Waals surface area contributed by atoms with E-state index in [1.807, 2.05) is 7.05 Å². The summed E-state index contributed by atoms with van der Waals surface area (Å²) in [5, 5.41) is 0. The van der Waals surface area contributed by atoms with Gasteiger partial charge in [-0.05, 0) is 25.8 Å². The van der Waals surface area contributed by atoms with Gasteiger partial charge in [0, 0.05) is 25.4 Å². The van der Waals surface area contributed by atoms with Crippen LogP contribution in [-0.2, 0) is 9.84 Å². The van der Waals surface area contributed by atoms with Gasteiger partial charge in [0.25, 0.3) is 0 Å². The lowest BCUT2D eigenvalue weighted by molar-refractivity contribution is 0.175. The van der Waals surface area contributed by atoms with Crippen LogP contribution in [0, 0.1) is 5.92 Å². The van der Waals surface area contributed by atoms with Crippen LogP contribution in [-0.4, -0.2) is 51.5 Å². The fourth-order valence-electron chi connectivity index (χ4n) is 2.90. The minimum atomic E-state index is -2.88. The number of nitrogens with zero attached hydrogens (tertiary/aromatic N) is 1. The molecule has 0 aromatic heterocycles. The molecule has 0 saturated heterocycles. The molecule has 4 nitrogen and oxygen atoms in total. The van der Waals surface area contributed by atoms with Crippen LogP contribution in [0.5, 0.6) is 0 Å². The van der Waals surface area contributed by atoms with Gasteiger partial charge in [-0.15, -0.1) is 0 Å². The summed E-state index contributed by atoms with van der Waals surface area (Å²) in [6.07, 6.45) is 9.03. The summed E-state index contributed by atoms with van der Waals surface area (Å²) in [5.74, 6) is 0.870. The van der Waals surface area contributed by atoms with E-state index >= 15 is 0 Å². The van der Waals surface area contributed by atoms with Gasteiger partial charge in [0.2, 0.25) is 0 Å². The lowest BCUT2D eigenvalue weighted by atomic mass is 9.91. The van der Waals surface area contributed by atoms with E-state index in [-0.39, 0.29) is 5.75 Å². The van der Waals surface area contributed by atoms with Crippen molar-refractivity contribution in [1.29, 1.82) is 0 Å². The smallest absolute Gasteiger partial charge is 0.148 e. The van der Waals surface area contributed by atoms with Gasteiger partial charge in [0.05, 0.1) is 5.75 Å². The lowest BCUT2D eigenvalue weighted by Gasteiger charge is -2.33. The van der Waals surface area contributed by atoms with Crippen molar-refractivity contribution in [2.45, 2.75) is 44.6 Å². The molecule has 0 heterocycles. The van der Waals surface area contributed by atoms with Gasteiger partial charge in [-0.3, -0.25) is 0 Å². The highest BCUT2D eigenvalue weighted by Gasteiger charge is 2.25. The maximum Gasteiger partial charge on any atom is 0.148 e. The molecule has 0 spiro atoms. The molecule has 1 saturated carbocycles. The second kappa shape index (κ2) is 7.46. The van der Waals surface area contributed by atoms with Crippen molar-refractivity contribution in [3.8, 4) is 0 Å². The van der Waals surface area contributed by atoms with Crippen molar-refractivity contribution >= 4 is 9.84 Å². The molecule has 1 fully saturated rings. The van der Waals surface area contributed by atoms with Crippen molar-refractivity contribution in [2.24, 2.45) is 11.7 Å². The Morgan fingerprint density at radius 2 is 1.78 bits per heavy atom. The quantitative estimate of drug-likeness (QED) is 0.742.